The molecule has 0 bridgehead atoms. The lowest BCUT2D eigenvalue weighted by Crippen LogP contribution is -2.24. The molecule has 20 heavy (non-hydrogen) atoms. The predicted molar refractivity (Wildman–Crippen MR) is 83.0 cm³/mol. The first-order valence-electron chi connectivity index (χ1n) is 6.85. The molecular formula is C17H21NO2. The van der Waals surface area contributed by atoms with Crippen LogP contribution in [0.2, 0.25) is 0 Å². The largest absolute Gasteiger partial charge is 0.489 e. The molecule has 0 aliphatic carbocycles. The maximum Gasteiger partial charge on any atom is 0.124 e. The summed E-state index contributed by atoms with van der Waals surface area (Å²) in [5.41, 5.74) is 1.12. The fraction of sp³-hybridized carbons (Fsp3) is 0.294. The second-order valence-corrected chi connectivity index (χ2v) is 4.84. The van der Waals surface area contributed by atoms with Gasteiger partial charge in [0.25, 0.3) is 0 Å². The van der Waals surface area contributed by atoms with Crippen molar-refractivity contribution in [1.82, 2.24) is 5.32 Å². The molecule has 106 valence electrons. The van der Waals surface area contributed by atoms with Crippen molar-refractivity contribution in [2.45, 2.75) is 19.6 Å². The molecule has 0 aliphatic rings. The molecule has 0 unspecified atom stereocenters. The van der Waals surface area contributed by atoms with Crippen LogP contribution in [0.4, 0.5) is 0 Å². The Morgan fingerprint density at radius 3 is 2.85 bits per heavy atom. The quantitative estimate of drug-likeness (QED) is 0.761. The Labute approximate surface area is 119 Å². The molecule has 0 saturated heterocycles. The van der Waals surface area contributed by atoms with Gasteiger partial charge < -0.3 is 15.2 Å². The van der Waals surface area contributed by atoms with Crippen LogP contribution in [0.3, 0.4) is 0 Å². The number of benzene rings is 2. The monoisotopic (exact) mass is 271 g/mol. The summed E-state index contributed by atoms with van der Waals surface area (Å²) in [6.45, 7) is 7.16. The van der Waals surface area contributed by atoms with Gasteiger partial charge in [0.15, 0.2) is 0 Å². The second-order valence-electron chi connectivity index (χ2n) is 4.84. The molecule has 0 saturated carbocycles. The number of nitrogens with one attached hydrogen (secondary N) is 1. The first-order valence-corrected chi connectivity index (χ1v) is 6.85. The predicted octanol–water partition coefficient (Wildman–Crippen LogP) is 2.88. The molecule has 2 rings (SSSR count). The topological polar surface area (TPSA) is 41.5 Å². The average molecular weight is 271 g/mol. The number of hydrogen-bond donors (Lipinski definition) is 2. The highest BCUT2D eigenvalue weighted by Gasteiger charge is 2.08. The van der Waals surface area contributed by atoms with Gasteiger partial charge in [0.05, 0.1) is 6.10 Å². The third kappa shape index (κ3) is 3.59. The summed E-state index contributed by atoms with van der Waals surface area (Å²) >= 11 is 0. The third-order valence-electron chi connectivity index (χ3n) is 3.10. The van der Waals surface area contributed by atoms with Crippen molar-refractivity contribution >= 4 is 10.8 Å². The van der Waals surface area contributed by atoms with E-state index in [1.54, 1.807) is 13.0 Å². The van der Waals surface area contributed by atoms with Crippen LogP contribution in [0.15, 0.2) is 49.1 Å². The van der Waals surface area contributed by atoms with Crippen LogP contribution in [0.5, 0.6) is 5.75 Å². The van der Waals surface area contributed by atoms with Gasteiger partial charge in [-0.05, 0) is 23.8 Å². The first-order chi connectivity index (χ1) is 9.72. The lowest BCUT2D eigenvalue weighted by molar-refractivity contribution is 0.191. The second kappa shape index (κ2) is 7.08. The van der Waals surface area contributed by atoms with E-state index in [2.05, 4.69) is 30.1 Å². The van der Waals surface area contributed by atoms with Crippen LogP contribution in [0, 0.1) is 0 Å². The van der Waals surface area contributed by atoms with Gasteiger partial charge in [-0.2, -0.15) is 0 Å². The standard InChI is InChI=1S/C17H21NO2/c1-3-10-20-17-9-8-14-6-4-5-7-15(14)16(17)12-18-11-13(2)19/h3-9,13,18-19H,1,10-12H2,2H3/t13-/m0/s1. The fourth-order valence-electron chi connectivity index (χ4n) is 2.19. The molecule has 0 aliphatic heterocycles. The summed E-state index contributed by atoms with van der Waals surface area (Å²) in [5.74, 6) is 0.863. The minimum absolute atomic E-state index is 0.359. The maximum absolute atomic E-state index is 9.35. The normalized spacial score (nSPS) is 12.3. The van der Waals surface area contributed by atoms with Crippen molar-refractivity contribution < 1.29 is 9.84 Å². The number of fused-ring (bicyclic) bond motifs is 1. The first kappa shape index (κ1) is 14.6. The van der Waals surface area contributed by atoms with Crippen LogP contribution >= 0.6 is 0 Å². The number of ether oxygens (including phenoxy) is 1. The molecule has 0 aromatic heterocycles. The van der Waals surface area contributed by atoms with Gasteiger partial charge in [0, 0.05) is 18.7 Å². The van der Waals surface area contributed by atoms with Gasteiger partial charge in [0.2, 0.25) is 0 Å². The molecule has 1 atom stereocenters. The highest BCUT2D eigenvalue weighted by molar-refractivity contribution is 5.87. The van der Waals surface area contributed by atoms with Gasteiger partial charge in [-0.15, -0.1) is 0 Å². The Morgan fingerprint density at radius 2 is 2.10 bits per heavy atom. The Bertz CT molecular complexity index is 578. The summed E-state index contributed by atoms with van der Waals surface area (Å²) in [6.07, 6.45) is 1.38. The molecule has 2 aromatic rings. The maximum atomic E-state index is 9.35. The van der Waals surface area contributed by atoms with Crippen molar-refractivity contribution in [3.8, 4) is 5.75 Å². The van der Waals surface area contributed by atoms with Gasteiger partial charge in [-0.3, -0.25) is 0 Å². The van der Waals surface area contributed by atoms with Crippen LogP contribution in [-0.4, -0.2) is 24.4 Å². The van der Waals surface area contributed by atoms with Crippen LogP contribution in [-0.2, 0) is 6.54 Å². The number of rotatable bonds is 7. The van der Waals surface area contributed by atoms with Gasteiger partial charge >= 0.3 is 0 Å². The Balaban J connectivity index is 2.31. The molecule has 0 spiro atoms. The zero-order valence-electron chi connectivity index (χ0n) is 11.8. The molecule has 2 aromatic carbocycles. The van der Waals surface area contributed by atoms with E-state index in [9.17, 15) is 5.11 Å². The van der Waals surface area contributed by atoms with Crippen LogP contribution < -0.4 is 10.1 Å². The number of aliphatic hydroxyl groups excluding tert-OH is 1. The van der Waals surface area contributed by atoms with Crippen LogP contribution in [0.1, 0.15) is 12.5 Å². The van der Waals surface area contributed by atoms with Crippen molar-refractivity contribution in [3.63, 3.8) is 0 Å². The molecule has 0 fully saturated rings. The smallest absolute Gasteiger partial charge is 0.124 e. The molecule has 2 N–H and O–H groups in total. The van der Waals surface area contributed by atoms with E-state index < -0.39 is 0 Å². The number of hydrogen-bond acceptors (Lipinski definition) is 3. The van der Waals surface area contributed by atoms with Crippen LogP contribution in [0.25, 0.3) is 10.8 Å². The summed E-state index contributed by atoms with van der Waals surface area (Å²) in [4.78, 5) is 0. The highest BCUT2D eigenvalue weighted by Crippen LogP contribution is 2.28. The van der Waals surface area contributed by atoms with Gasteiger partial charge in [-0.1, -0.05) is 43.0 Å². The van der Waals surface area contributed by atoms with E-state index in [4.69, 9.17) is 4.74 Å². The SMILES string of the molecule is C=CCOc1ccc2ccccc2c1CNC[C@H](C)O. The zero-order chi connectivity index (χ0) is 14.4. The van der Waals surface area contributed by atoms with Gasteiger partial charge in [-0.25, -0.2) is 0 Å². The molecule has 3 heteroatoms. The van der Waals surface area contributed by atoms with E-state index in [1.165, 1.54) is 10.8 Å². The number of aliphatic hydroxyl groups is 1. The van der Waals surface area contributed by atoms with Crippen molar-refractivity contribution in [1.29, 1.82) is 0 Å². The molecule has 0 heterocycles. The lowest BCUT2D eigenvalue weighted by atomic mass is 10.0. The average Bonchev–Trinajstić information content (AvgIpc) is 2.45. The van der Waals surface area contributed by atoms with Gasteiger partial charge in [0.1, 0.15) is 12.4 Å². The summed E-state index contributed by atoms with van der Waals surface area (Å²) in [5, 5.41) is 15.0. The summed E-state index contributed by atoms with van der Waals surface area (Å²) in [6, 6.07) is 12.3. The minimum atomic E-state index is -0.359. The zero-order valence-corrected chi connectivity index (χ0v) is 11.8. The van der Waals surface area contributed by atoms with Crippen molar-refractivity contribution in [2.24, 2.45) is 0 Å². The van der Waals surface area contributed by atoms with E-state index in [1.807, 2.05) is 18.2 Å². The lowest BCUT2D eigenvalue weighted by Gasteiger charge is -2.15. The van der Waals surface area contributed by atoms with E-state index in [0.29, 0.717) is 19.7 Å². The fourth-order valence-corrected chi connectivity index (χ4v) is 2.19. The van der Waals surface area contributed by atoms with Crippen molar-refractivity contribution in [3.05, 3.63) is 54.6 Å². The molecule has 0 amide bonds. The minimum Gasteiger partial charge on any atom is -0.489 e. The summed E-state index contributed by atoms with van der Waals surface area (Å²) in [7, 11) is 0. The Hall–Kier alpha value is -1.84. The molecule has 0 radical (unpaired) electrons. The van der Waals surface area contributed by atoms with E-state index in [-0.39, 0.29) is 6.10 Å². The van der Waals surface area contributed by atoms with Crippen molar-refractivity contribution in [2.75, 3.05) is 13.2 Å². The molecule has 3 nitrogen and oxygen atoms in total. The molecular weight excluding hydrogens is 250 g/mol. The van der Waals surface area contributed by atoms with E-state index in [0.717, 1.165) is 11.3 Å². The summed E-state index contributed by atoms with van der Waals surface area (Å²) < 4.78 is 5.73. The Morgan fingerprint density at radius 1 is 1.30 bits per heavy atom. The third-order valence-corrected chi connectivity index (χ3v) is 3.10. The highest BCUT2D eigenvalue weighted by atomic mass is 16.5. The van der Waals surface area contributed by atoms with E-state index >= 15 is 0 Å². The Kier molecular flexibility index (Phi) is 5.16.